The molecule has 0 aliphatic heterocycles. The minimum absolute atomic E-state index is 0.232. The molecule has 60 heavy (non-hydrogen) atoms. The van der Waals surface area contributed by atoms with Crippen LogP contribution in [0, 0.1) is 0 Å². The molecule has 0 saturated carbocycles. The van der Waals surface area contributed by atoms with Crippen LogP contribution in [0.2, 0.25) is 0 Å². The average Bonchev–Trinajstić information content (AvgIpc) is 4.04. The number of fused-ring (bicyclic) bond motifs is 3. The largest absolute Gasteiger partial charge is 0.465 e. The maximum Gasteiger partial charge on any atom is 0.339 e. The van der Waals surface area contributed by atoms with Crippen molar-refractivity contribution in [1.29, 1.82) is 0 Å². The van der Waals surface area contributed by atoms with Crippen LogP contribution >= 0.6 is 0 Å². The van der Waals surface area contributed by atoms with Gasteiger partial charge in [-0.1, -0.05) is 18.2 Å². The van der Waals surface area contributed by atoms with Crippen molar-refractivity contribution in [3.63, 3.8) is 0 Å². The van der Waals surface area contributed by atoms with Crippen LogP contribution in [0.5, 0.6) is 0 Å². The van der Waals surface area contributed by atoms with Gasteiger partial charge in [0.1, 0.15) is 17.5 Å². The van der Waals surface area contributed by atoms with Crippen LogP contribution in [0.3, 0.4) is 0 Å². The SMILES string of the molecule is COC(=O)c1ccc(NC2CCc3ncccc32)nc1.COC(=O)c1ccc(NC2CCc3ncccc32)nc1.COC(=O)c1ccc(NC2CCc3ncccc32)nc1. The van der Waals surface area contributed by atoms with Crippen molar-refractivity contribution in [3.8, 4) is 0 Å². The molecule has 0 bridgehead atoms. The number of hydrogen-bond acceptors (Lipinski definition) is 15. The van der Waals surface area contributed by atoms with Gasteiger partial charge in [0.25, 0.3) is 0 Å². The molecule has 3 atom stereocenters. The van der Waals surface area contributed by atoms with Gasteiger partial charge in [0.05, 0.1) is 56.1 Å². The average molecular weight is 808 g/mol. The lowest BCUT2D eigenvalue weighted by molar-refractivity contribution is 0.0591. The maximum atomic E-state index is 11.3. The molecule has 0 fully saturated rings. The first-order valence-electron chi connectivity index (χ1n) is 19.6. The van der Waals surface area contributed by atoms with E-state index in [4.69, 9.17) is 0 Å². The van der Waals surface area contributed by atoms with E-state index in [0.29, 0.717) is 16.7 Å². The van der Waals surface area contributed by atoms with Crippen molar-refractivity contribution < 1.29 is 28.6 Å². The summed E-state index contributed by atoms with van der Waals surface area (Å²) in [5, 5.41) is 10.1. The normalized spacial score (nSPS) is 16.6. The third-order valence-electron chi connectivity index (χ3n) is 10.4. The number of carbonyl (C=O) groups is 3. The number of pyridine rings is 6. The molecule has 0 aromatic carbocycles. The first-order chi connectivity index (χ1) is 29.3. The molecule has 0 saturated heterocycles. The standard InChI is InChI=1S/3C15H15N3O2/c3*1-20-15(19)10-4-7-14(17-9-10)18-13-6-5-12-11(13)3-2-8-16-12/h3*2-4,7-9,13H,5-6H2,1H3,(H,17,18). The van der Waals surface area contributed by atoms with E-state index in [1.54, 1.807) is 36.4 Å². The third kappa shape index (κ3) is 9.86. The Bertz CT molecular complexity index is 2140. The van der Waals surface area contributed by atoms with Crippen LogP contribution in [-0.2, 0) is 33.5 Å². The molecule has 6 heterocycles. The van der Waals surface area contributed by atoms with Crippen LogP contribution in [0.4, 0.5) is 17.5 Å². The fraction of sp³-hybridized carbons (Fsp3) is 0.267. The molecule has 0 amide bonds. The molecule has 3 aliphatic carbocycles. The Hall–Kier alpha value is -7.29. The first-order valence-corrected chi connectivity index (χ1v) is 19.6. The van der Waals surface area contributed by atoms with E-state index in [2.05, 4.69) is 78.3 Å². The van der Waals surface area contributed by atoms with Gasteiger partial charge in [-0.15, -0.1) is 0 Å². The van der Waals surface area contributed by atoms with E-state index in [1.165, 1.54) is 56.6 Å². The molecule has 15 heteroatoms. The molecule has 0 spiro atoms. The Morgan fingerprint density at radius 1 is 0.450 bits per heavy atom. The predicted molar refractivity (Wildman–Crippen MR) is 223 cm³/mol. The quantitative estimate of drug-likeness (QED) is 0.0990. The van der Waals surface area contributed by atoms with Gasteiger partial charge in [-0.3, -0.25) is 15.0 Å². The Morgan fingerprint density at radius 2 is 0.750 bits per heavy atom. The number of aromatic nitrogens is 6. The number of methoxy groups -OCH3 is 3. The van der Waals surface area contributed by atoms with Gasteiger partial charge in [0.15, 0.2) is 0 Å². The number of esters is 3. The zero-order chi connectivity index (χ0) is 41.8. The fourth-order valence-electron chi connectivity index (χ4n) is 7.38. The van der Waals surface area contributed by atoms with Gasteiger partial charge in [0, 0.05) is 54.3 Å². The van der Waals surface area contributed by atoms with Crippen molar-refractivity contribution in [2.75, 3.05) is 37.3 Å². The number of hydrogen-bond donors (Lipinski definition) is 3. The minimum Gasteiger partial charge on any atom is -0.465 e. The molecule has 3 unspecified atom stereocenters. The molecule has 15 nitrogen and oxygen atoms in total. The number of rotatable bonds is 9. The van der Waals surface area contributed by atoms with Crippen LogP contribution in [-0.4, -0.2) is 69.1 Å². The Kier molecular flexibility index (Phi) is 13.2. The maximum absolute atomic E-state index is 11.3. The second-order valence-corrected chi connectivity index (χ2v) is 14.1. The highest BCUT2D eigenvalue weighted by molar-refractivity contribution is 5.90. The second-order valence-electron chi connectivity index (χ2n) is 14.1. The molecule has 6 aromatic rings. The van der Waals surface area contributed by atoms with Gasteiger partial charge >= 0.3 is 17.9 Å². The number of aryl methyl sites for hydroxylation is 3. The molecule has 0 radical (unpaired) electrons. The van der Waals surface area contributed by atoms with Crippen molar-refractivity contribution in [2.45, 2.75) is 56.7 Å². The summed E-state index contributed by atoms with van der Waals surface area (Å²) in [5.74, 6) is 1.12. The number of nitrogens with one attached hydrogen (secondary N) is 3. The summed E-state index contributed by atoms with van der Waals surface area (Å²) in [4.78, 5) is 59.9. The number of nitrogens with zero attached hydrogens (tertiary/aromatic N) is 6. The van der Waals surface area contributed by atoms with E-state index in [9.17, 15) is 14.4 Å². The number of ether oxygens (including phenoxy) is 3. The summed E-state index contributed by atoms with van der Waals surface area (Å²) >= 11 is 0. The minimum atomic E-state index is -0.375. The second kappa shape index (κ2) is 19.4. The van der Waals surface area contributed by atoms with Crippen LogP contribution in [0.15, 0.2) is 110 Å². The highest BCUT2D eigenvalue weighted by atomic mass is 16.5. The van der Waals surface area contributed by atoms with Crippen molar-refractivity contribution in [1.82, 2.24) is 29.9 Å². The molecule has 9 rings (SSSR count). The number of carbonyl (C=O) groups excluding carboxylic acids is 3. The highest BCUT2D eigenvalue weighted by Gasteiger charge is 2.25. The Morgan fingerprint density at radius 3 is 1.00 bits per heavy atom. The molecular weight excluding hydrogens is 763 g/mol. The van der Waals surface area contributed by atoms with Crippen LogP contribution < -0.4 is 16.0 Å². The molecule has 306 valence electrons. The van der Waals surface area contributed by atoms with Gasteiger partial charge in [-0.2, -0.15) is 0 Å². The molecule has 3 aliphatic rings. The van der Waals surface area contributed by atoms with E-state index < -0.39 is 0 Å². The van der Waals surface area contributed by atoms with E-state index >= 15 is 0 Å². The van der Waals surface area contributed by atoms with E-state index in [-0.39, 0.29) is 36.0 Å². The summed E-state index contributed by atoms with van der Waals surface area (Å²) in [6.07, 6.45) is 16.0. The monoisotopic (exact) mass is 807 g/mol. The number of anilines is 3. The lowest BCUT2D eigenvalue weighted by atomic mass is 10.1. The van der Waals surface area contributed by atoms with Crippen molar-refractivity contribution in [2.24, 2.45) is 0 Å². The van der Waals surface area contributed by atoms with Gasteiger partial charge < -0.3 is 30.2 Å². The van der Waals surface area contributed by atoms with Gasteiger partial charge in [-0.05, 0) is 110 Å². The Balaban J connectivity index is 0.000000136. The summed E-state index contributed by atoms with van der Waals surface area (Å²) in [6, 6.07) is 23.3. The topological polar surface area (TPSA) is 192 Å². The Labute approximate surface area is 347 Å². The first kappa shape index (κ1) is 40.9. The van der Waals surface area contributed by atoms with E-state index in [1.807, 2.05) is 36.8 Å². The smallest absolute Gasteiger partial charge is 0.339 e. The van der Waals surface area contributed by atoms with Gasteiger partial charge in [-0.25, -0.2) is 29.3 Å². The highest BCUT2D eigenvalue weighted by Crippen LogP contribution is 2.34. The van der Waals surface area contributed by atoms with Crippen molar-refractivity contribution >= 4 is 35.4 Å². The summed E-state index contributed by atoms with van der Waals surface area (Å²) in [7, 11) is 4.07. The summed E-state index contributed by atoms with van der Waals surface area (Å²) in [5.41, 5.74) is 8.48. The van der Waals surface area contributed by atoms with E-state index in [0.717, 1.165) is 73.1 Å². The van der Waals surface area contributed by atoms with Crippen LogP contribution in [0.1, 0.15) is 102 Å². The lowest BCUT2D eigenvalue weighted by Gasteiger charge is -2.14. The summed E-state index contributed by atoms with van der Waals surface area (Å²) in [6.45, 7) is 0. The zero-order valence-corrected chi connectivity index (χ0v) is 33.5. The lowest BCUT2D eigenvalue weighted by Crippen LogP contribution is -2.09. The predicted octanol–water partition coefficient (Wildman–Crippen LogP) is 7.09. The summed E-state index contributed by atoms with van der Waals surface area (Å²) < 4.78 is 13.9. The molecule has 3 N–H and O–H groups in total. The van der Waals surface area contributed by atoms with Gasteiger partial charge in [0.2, 0.25) is 0 Å². The third-order valence-corrected chi connectivity index (χ3v) is 10.4. The van der Waals surface area contributed by atoms with Crippen LogP contribution in [0.25, 0.3) is 0 Å². The molecule has 6 aromatic heterocycles. The fourth-order valence-corrected chi connectivity index (χ4v) is 7.38. The zero-order valence-electron chi connectivity index (χ0n) is 33.5. The van der Waals surface area contributed by atoms with Crippen molar-refractivity contribution in [3.05, 3.63) is 160 Å². The molecular formula is C45H45N9O6.